The molecule has 0 amide bonds. The SMILES string of the molecule is CC(C)Oc1ccccc1CN1CCC(C(C)O)C1. The molecule has 0 aliphatic carbocycles. The topological polar surface area (TPSA) is 32.7 Å². The molecule has 1 aliphatic heterocycles. The molecule has 1 aliphatic rings. The lowest BCUT2D eigenvalue weighted by atomic mass is 10.0. The van der Waals surface area contributed by atoms with E-state index in [4.69, 9.17) is 4.74 Å². The third kappa shape index (κ3) is 3.95. The van der Waals surface area contributed by atoms with E-state index in [1.165, 1.54) is 5.56 Å². The number of ether oxygens (including phenoxy) is 1. The van der Waals surface area contributed by atoms with E-state index >= 15 is 0 Å². The lowest BCUT2D eigenvalue weighted by molar-refractivity contribution is 0.127. The van der Waals surface area contributed by atoms with Gasteiger partial charge in [-0.3, -0.25) is 4.90 Å². The van der Waals surface area contributed by atoms with Crippen LogP contribution in [0, 0.1) is 5.92 Å². The molecule has 1 aromatic rings. The van der Waals surface area contributed by atoms with Gasteiger partial charge in [-0.1, -0.05) is 18.2 Å². The minimum Gasteiger partial charge on any atom is -0.491 e. The number of aliphatic hydroxyl groups is 1. The number of aliphatic hydroxyl groups excluding tert-OH is 1. The second-order valence-electron chi connectivity index (χ2n) is 5.80. The highest BCUT2D eigenvalue weighted by atomic mass is 16.5. The number of para-hydroxylation sites is 1. The molecule has 3 heteroatoms. The Morgan fingerprint density at radius 1 is 1.32 bits per heavy atom. The van der Waals surface area contributed by atoms with E-state index in [-0.39, 0.29) is 12.2 Å². The fourth-order valence-electron chi connectivity index (χ4n) is 2.64. The van der Waals surface area contributed by atoms with E-state index in [2.05, 4.69) is 30.9 Å². The predicted octanol–water partition coefficient (Wildman–Crippen LogP) is 2.68. The summed E-state index contributed by atoms with van der Waals surface area (Å²) in [5.74, 6) is 1.40. The van der Waals surface area contributed by atoms with Crippen molar-refractivity contribution in [2.24, 2.45) is 5.92 Å². The Labute approximate surface area is 116 Å². The molecular weight excluding hydrogens is 238 g/mol. The second kappa shape index (κ2) is 6.40. The number of hydrogen-bond donors (Lipinski definition) is 1. The van der Waals surface area contributed by atoms with Crippen LogP contribution < -0.4 is 4.74 Å². The summed E-state index contributed by atoms with van der Waals surface area (Å²) in [4.78, 5) is 2.40. The number of rotatable bonds is 5. The fraction of sp³-hybridized carbons (Fsp3) is 0.625. The van der Waals surface area contributed by atoms with Gasteiger partial charge in [0.15, 0.2) is 0 Å². The van der Waals surface area contributed by atoms with E-state index < -0.39 is 0 Å². The number of likely N-dealkylation sites (tertiary alicyclic amines) is 1. The van der Waals surface area contributed by atoms with Gasteiger partial charge in [0.05, 0.1) is 12.2 Å². The summed E-state index contributed by atoms with van der Waals surface area (Å²) in [6, 6.07) is 8.25. The average Bonchev–Trinajstić information content (AvgIpc) is 2.80. The van der Waals surface area contributed by atoms with Gasteiger partial charge >= 0.3 is 0 Å². The van der Waals surface area contributed by atoms with Gasteiger partial charge in [0.2, 0.25) is 0 Å². The van der Waals surface area contributed by atoms with Crippen molar-refractivity contribution in [2.75, 3.05) is 13.1 Å². The molecule has 0 saturated carbocycles. The van der Waals surface area contributed by atoms with Crippen LogP contribution in [0.4, 0.5) is 0 Å². The van der Waals surface area contributed by atoms with Gasteiger partial charge in [-0.2, -0.15) is 0 Å². The Bertz CT molecular complexity index is 403. The summed E-state index contributed by atoms with van der Waals surface area (Å²) < 4.78 is 5.85. The molecular formula is C16H25NO2. The molecule has 1 saturated heterocycles. The smallest absolute Gasteiger partial charge is 0.124 e. The Morgan fingerprint density at radius 2 is 2.05 bits per heavy atom. The number of benzene rings is 1. The average molecular weight is 263 g/mol. The molecule has 2 rings (SSSR count). The van der Waals surface area contributed by atoms with Crippen LogP contribution in [0.2, 0.25) is 0 Å². The van der Waals surface area contributed by atoms with Crippen LogP contribution in [0.1, 0.15) is 32.8 Å². The highest BCUT2D eigenvalue weighted by molar-refractivity contribution is 5.33. The first kappa shape index (κ1) is 14.4. The predicted molar refractivity (Wildman–Crippen MR) is 77.3 cm³/mol. The van der Waals surface area contributed by atoms with Crippen molar-refractivity contribution in [2.45, 2.75) is 45.9 Å². The number of nitrogens with zero attached hydrogens (tertiary/aromatic N) is 1. The second-order valence-corrected chi connectivity index (χ2v) is 5.80. The number of hydrogen-bond acceptors (Lipinski definition) is 3. The van der Waals surface area contributed by atoms with Gasteiger partial charge in [-0.25, -0.2) is 0 Å². The summed E-state index contributed by atoms with van der Waals surface area (Å²) >= 11 is 0. The van der Waals surface area contributed by atoms with Crippen molar-refractivity contribution < 1.29 is 9.84 Å². The Morgan fingerprint density at radius 3 is 2.68 bits per heavy atom. The summed E-state index contributed by atoms with van der Waals surface area (Å²) in [6.45, 7) is 8.95. The molecule has 2 atom stereocenters. The van der Waals surface area contributed by atoms with E-state index in [9.17, 15) is 5.11 Å². The minimum absolute atomic E-state index is 0.199. The van der Waals surface area contributed by atoms with Crippen molar-refractivity contribution in [1.82, 2.24) is 4.90 Å². The van der Waals surface area contributed by atoms with E-state index in [1.54, 1.807) is 0 Å². The Balaban J connectivity index is 2.00. The third-order valence-corrected chi connectivity index (χ3v) is 3.72. The molecule has 1 fully saturated rings. The molecule has 1 heterocycles. The zero-order valence-corrected chi connectivity index (χ0v) is 12.2. The normalized spacial score (nSPS) is 21.8. The minimum atomic E-state index is -0.202. The fourth-order valence-corrected chi connectivity index (χ4v) is 2.64. The molecule has 19 heavy (non-hydrogen) atoms. The van der Waals surface area contributed by atoms with Gasteiger partial charge in [0.25, 0.3) is 0 Å². The first-order valence-corrected chi connectivity index (χ1v) is 7.21. The van der Waals surface area contributed by atoms with Crippen LogP contribution in [0.3, 0.4) is 0 Å². The highest BCUT2D eigenvalue weighted by Crippen LogP contribution is 2.25. The van der Waals surface area contributed by atoms with Gasteiger partial charge in [-0.15, -0.1) is 0 Å². The standard InChI is InChI=1S/C16H25NO2/c1-12(2)19-16-7-5-4-6-15(16)11-17-9-8-14(10-17)13(3)18/h4-7,12-14,18H,8-11H2,1-3H3. The lowest BCUT2D eigenvalue weighted by Gasteiger charge is -2.20. The van der Waals surface area contributed by atoms with Crippen LogP contribution in [0.15, 0.2) is 24.3 Å². The van der Waals surface area contributed by atoms with Crippen molar-refractivity contribution >= 4 is 0 Å². The van der Waals surface area contributed by atoms with Crippen molar-refractivity contribution in [3.05, 3.63) is 29.8 Å². The molecule has 0 radical (unpaired) electrons. The Hall–Kier alpha value is -1.06. The summed E-state index contributed by atoms with van der Waals surface area (Å²) in [6.07, 6.45) is 1.09. The molecule has 0 bridgehead atoms. The monoisotopic (exact) mass is 263 g/mol. The first-order valence-electron chi connectivity index (χ1n) is 7.21. The molecule has 2 unspecified atom stereocenters. The van der Waals surface area contributed by atoms with E-state index in [0.717, 1.165) is 31.8 Å². The maximum absolute atomic E-state index is 9.66. The first-order chi connectivity index (χ1) is 9.06. The van der Waals surface area contributed by atoms with Gasteiger partial charge < -0.3 is 9.84 Å². The van der Waals surface area contributed by atoms with Crippen LogP contribution in [-0.2, 0) is 6.54 Å². The van der Waals surface area contributed by atoms with Crippen molar-refractivity contribution in [3.8, 4) is 5.75 Å². The van der Waals surface area contributed by atoms with Crippen LogP contribution in [0.5, 0.6) is 5.75 Å². The maximum Gasteiger partial charge on any atom is 0.124 e. The van der Waals surface area contributed by atoms with Crippen LogP contribution in [-0.4, -0.2) is 35.3 Å². The lowest BCUT2D eigenvalue weighted by Crippen LogP contribution is -2.24. The van der Waals surface area contributed by atoms with Crippen LogP contribution in [0.25, 0.3) is 0 Å². The van der Waals surface area contributed by atoms with Crippen molar-refractivity contribution in [3.63, 3.8) is 0 Å². The Kier molecular flexibility index (Phi) is 4.83. The molecule has 0 aromatic heterocycles. The van der Waals surface area contributed by atoms with E-state index in [0.29, 0.717) is 5.92 Å². The molecule has 106 valence electrons. The maximum atomic E-state index is 9.66. The van der Waals surface area contributed by atoms with Gasteiger partial charge in [-0.05, 0) is 45.7 Å². The zero-order valence-electron chi connectivity index (χ0n) is 12.2. The highest BCUT2D eigenvalue weighted by Gasteiger charge is 2.26. The summed E-state index contributed by atoms with van der Waals surface area (Å²) in [5, 5.41) is 9.66. The zero-order chi connectivity index (χ0) is 13.8. The van der Waals surface area contributed by atoms with Gasteiger partial charge in [0, 0.05) is 18.7 Å². The van der Waals surface area contributed by atoms with Gasteiger partial charge in [0.1, 0.15) is 5.75 Å². The quantitative estimate of drug-likeness (QED) is 0.886. The molecule has 3 nitrogen and oxygen atoms in total. The largest absolute Gasteiger partial charge is 0.491 e. The summed E-state index contributed by atoms with van der Waals surface area (Å²) in [5.41, 5.74) is 1.24. The third-order valence-electron chi connectivity index (χ3n) is 3.72. The molecule has 1 N–H and O–H groups in total. The summed E-state index contributed by atoms with van der Waals surface area (Å²) in [7, 11) is 0. The van der Waals surface area contributed by atoms with Crippen molar-refractivity contribution in [1.29, 1.82) is 0 Å². The molecule has 1 aromatic carbocycles. The van der Waals surface area contributed by atoms with E-state index in [1.807, 2.05) is 19.1 Å². The molecule has 0 spiro atoms. The van der Waals surface area contributed by atoms with Crippen LogP contribution >= 0.6 is 0 Å².